The summed E-state index contributed by atoms with van der Waals surface area (Å²) in [7, 11) is 0. The number of imide groups is 2. The third kappa shape index (κ3) is 4.74. The fourth-order valence-electron chi connectivity index (χ4n) is 3.79. The summed E-state index contributed by atoms with van der Waals surface area (Å²) in [5.74, 6) is -0.461. The molecule has 0 atom stereocenters. The molecule has 37 heavy (non-hydrogen) atoms. The minimum absolute atomic E-state index is 0.0305. The molecule has 0 spiro atoms. The molecule has 0 aliphatic carbocycles. The number of halogens is 2. The second-order valence-corrected chi connectivity index (χ2v) is 9.13. The molecule has 184 valence electrons. The second-order valence-electron chi connectivity index (χ2n) is 7.87. The van der Waals surface area contributed by atoms with E-state index in [0.29, 0.717) is 38.4 Å². The molecule has 1 N–H and O–H groups in total. The number of nitriles is 1. The number of anilines is 1. The van der Waals surface area contributed by atoms with Crippen molar-refractivity contribution in [2.24, 2.45) is 0 Å². The van der Waals surface area contributed by atoms with Crippen molar-refractivity contribution < 1.29 is 28.6 Å². The highest BCUT2D eigenvalue weighted by Gasteiger charge is 2.37. The lowest BCUT2D eigenvalue weighted by Gasteiger charge is -2.26. The Morgan fingerprint density at radius 3 is 2.68 bits per heavy atom. The summed E-state index contributed by atoms with van der Waals surface area (Å²) in [6.45, 7) is 0.138. The molecule has 4 amide bonds. The van der Waals surface area contributed by atoms with Crippen LogP contribution in [0.5, 0.6) is 17.2 Å². The largest absolute Gasteiger partial charge is 0.486 e. The number of ether oxygens (including phenoxy) is 3. The van der Waals surface area contributed by atoms with Crippen molar-refractivity contribution in [2.45, 2.75) is 6.61 Å². The zero-order valence-corrected chi connectivity index (χ0v) is 21.1. The molecule has 2 aliphatic heterocycles. The predicted molar refractivity (Wildman–Crippen MR) is 136 cm³/mol. The van der Waals surface area contributed by atoms with Crippen LogP contribution in [-0.2, 0) is 16.2 Å². The monoisotopic (exact) mass is 579 g/mol. The normalized spacial score (nSPS) is 15.5. The van der Waals surface area contributed by atoms with E-state index in [1.54, 1.807) is 36.4 Å². The van der Waals surface area contributed by atoms with Gasteiger partial charge < -0.3 is 14.2 Å². The van der Waals surface area contributed by atoms with Crippen LogP contribution in [0.2, 0.25) is 5.02 Å². The van der Waals surface area contributed by atoms with Gasteiger partial charge in [0.15, 0.2) is 17.2 Å². The standard InChI is InChI=1S/C26H15BrClN3O6/c27-19-8-14(9-20(28)23(19)35-12-16-4-2-1-3-15(16)11-29)7-18-24(32)30-26(34)31(25(18)33)17-5-6-21-22(10-17)37-13-36-21/h1-10H,12-13H2,(H,30,32,34)/b18-7+. The fourth-order valence-corrected chi connectivity index (χ4v) is 4.78. The zero-order valence-electron chi connectivity index (χ0n) is 18.8. The number of barbiturate groups is 1. The van der Waals surface area contributed by atoms with Crippen LogP contribution in [0.15, 0.2) is 64.6 Å². The Morgan fingerprint density at radius 2 is 1.89 bits per heavy atom. The molecule has 0 radical (unpaired) electrons. The lowest BCUT2D eigenvalue weighted by Crippen LogP contribution is -2.54. The van der Waals surface area contributed by atoms with Gasteiger partial charge >= 0.3 is 6.03 Å². The summed E-state index contributed by atoms with van der Waals surface area (Å²) in [6.07, 6.45) is 1.33. The molecule has 0 saturated carbocycles. The first-order valence-corrected chi connectivity index (χ1v) is 11.9. The average molecular weight is 581 g/mol. The lowest BCUT2D eigenvalue weighted by atomic mass is 10.1. The minimum Gasteiger partial charge on any atom is -0.486 e. The molecule has 2 heterocycles. The van der Waals surface area contributed by atoms with Crippen LogP contribution in [-0.4, -0.2) is 24.6 Å². The Hall–Kier alpha value is -4.33. The van der Waals surface area contributed by atoms with Gasteiger partial charge in [0.05, 0.1) is 26.8 Å². The highest BCUT2D eigenvalue weighted by molar-refractivity contribution is 9.10. The first kappa shape index (κ1) is 24.4. The summed E-state index contributed by atoms with van der Waals surface area (Å²) in [5.41, 5.74) is 1.54. The molecule has 2 aliphatic rings. The first-order chi connectivity index (χ1) is 17.9. The van der Waals surface area contributed by atoms with Crippen molar-refractivity contribution in [3.05, 3.63) is 86.4 Å². The highest BCUT2D eigenvalue weighted by Crippen LogP contribution is 2.38. The van der Waals surface area contributed by atoms with Gasteiger partial charge in [-0.15, -0.1) is 0 Å². The van der Waals surface area contributed by atoms with Crippen molar-refractivity contribution in [3.63, 3.8) is 0 Å². The van der Waals surface area contributed by atoms with Crippen molar-refractivity contribution in [1.82, 2.24) is 5.32 Å². The van der Waals surface area contributed by atoms with Crippen LogP contribution >= 0.6 is 27.5 Å². The van der Waals surface area contributed by atoms with E-state index >= 15 is 0 Å². The number of carbonyl (C=O) groups is 3. The maximum Gasteiger partial charge on any atom is 0.335 e. The van der Waals surface area contributed by atoms with Crippen LogP contribution in [0.4, 0.5) is 10.5 Å². The number of urea groups is 1. The Labute approximate surface area is 223 Å². The Bertz CT molecular complexity index is 1520. The summed E-state index contributed by atoms with van der Waals surface area (Å²) in [5, 5.41) is 11.7. The molecule has 9 nitrogen and oxygen atoms in total. The number of hydrogen-bond donors (Lipinski definition) is 1. The summed E-state index contributed by atoms with van der Waals surface area (Å²) in [6, 6.07) is 16.0. The third-order valence-corrected chi connectivity index (χ3v) is 6.43. The van der Waals surface area contributed by atoms with Crippen LogP contribution in [0, 0.1) is 11.3 Å². The average Bonchev–Trinajstić information content (AvgIpc) is 3.34. The van der Waals surface area contributed by atoms with Gasteiger partial charge in [-0.05, 0) is 57.9 Å². The van der Waals surface area contributed by atoms with E-state index in [4.69, 9.17) is 25.8 Å². The number of fused-ring (bicyclic) bond motifs is 1. The third-order valence-electron chi connectivity index (χ3n) is 5.56. The number of carbonyl (C=O) groups excluding carboxylic acids is 3. The topological polar surface area (TPSA) is 118 Å². The molecule has 3 aromatic rings. The molecule has 1 saturated heterocycles. The summed E-state index contributed by atoms with van der Waals surface area (Å²) in [4.78, 5) is 39.1. The van der Waals surface area contributed by atoms with Crippen LogP contribution in [0.25, 0.3) is 6.08 Å². The number of hydrogen-bond acceptors (Lipinski definition) is 7. The van der Waals surface area contributed by atoms with Crippen molar-refractivity contribution in [2.75, 3.05) is 11.7 Å². The van der Waals surface area contributed by atoms with Gasteiger partial charge in [0.25, 0.3) is 11.8 Å². The van der Waals surface area contributed by atoms with E-state index in [1.165, 1.54) is 24.3 Å². The van der Waals surface area contributed by atoms with Crippen LogP contribution in [0.1, 0.15) is 16.7 Å². The molecule has 0 aromatic heterocycles. The van der Waals surface area contributed by atoms with Gasteiger partial charge in [0.2, 0.25) is 6.79 Å². The minimum atomic E-state index is -0.883. The smallest absolute Gasteiger partial charge is 0.335 e. The Morgan fingerprint density at radius 1 is 1.11 bits per heavy atom. The van der Waals surface area contributed by atoms with Gasteiger partial charge in [0.1, 0.15) is 12.2 Å². The maximum absolute atomic E-state index is 13.2. The summed E-state index contributed by atoms with van der Waals surface area (Å²) < 4.78 is 16.9. The van der Waals surface area contributed by atoms with Gasteiger partial charge in [-0.3, -0.25) is 14.9 Å². The van der Waals surface area contributed by atoms with Gasteiger partial charge in [-0.25, -0.2) is 9.69 Å². The van der Waals surface area contributed by atoms with E-state index in [0.717, 1.165) is 4.90 Å². The molecule has 5 rings (SSSR count). The zero-order chi connectivity index (χ0) is 26.1. The molecule has 3 aromatic carbocycles. The van der Waals surface area contributed by atoms with Crippen molar-refractivity contribution in [1.29, 1.82) is 5.26 Å². The van der Waals surface area contributed by atoms with Gasteiger partial charge in [-0.1, -0.05) is 29.8 Å². The van der Waals surface area contributed by atoms with Gasteiger partial charge in [0, 0.05) is 11.6 Å². The predicted octanol–water partition coefficient (Wildman–Crippen LogP) is 4.95. The second kappa shape index (κ2) is 9.97. The number of rotatable bonds is 5. The molecule has 1 fully saturated rings. The Balaban J connectivity index is 1.41. The number of nitrogens with one attached hydrogen (secondary N) is 1. The fraction of sp³-hybridized carbons (Fsp3) is 0.0769. The molecule has 0 unspecified atom stereocenters. The van der Waals surface area contributed by atoms with E-state index in [2.05, 4.69) is 27.3 Å². The highest BCUT2D eigenvalue weighted by atomic mass is 79.9. The quantitative estimate of drug-likeness (QED) is 0.335. The SMILES string of the molecule is N#Cc1ccccc1COc1c(Cl)cc(/C=C2\C(=O)NC(=O)N(c3ccc4c(c3)OCO4)C2=O)cc1Br. The van der Waals surface area contributed by atoms with Crippen molar-refractivity contribution >= 4 is 57.1 Å². The molecular formula is C26H15BrClN3O6. The summed E-state index contributed by atoms with van der Waals surface area (Å²) >= 11 is 9.85. The van der Waals surface area contributed by atoms with Crippen LogP contribution in [0.3, 0.4) is 0 Å². The Kier molecular flexibility index (Phi) is 6.56. The maximum atomic E-state index is 13.2. The number of amides is 4. The lowest BCUT2D eigenvalue weighted by molar-refractivity contribution is -0.122. The van der Waals surface area contributed by atoms with Crippen LogP contribution < -0.4 is 24.4 Å². The molecular weight excluding hydrogens is 566 g/mol. The first-order valence-electron chi connectivity index (χ1n) is 10.8. The van der Waals surface area contributed by atoms with Crippen molar-refractivity contribution in [3.8, 4) is 23.3 Å². The number of benzene rings is 3. The van der Waals surface area contributed by atoms with Gasteiger partial charge in [-0.2, -0.15) is 5.26 Å². The number of nitrogens with zero attached hydrogens (tertiary/aromatic N) is 2. The van der Waals surface area contributed by atoms with E-state index in [9.17, 15) is 19.6 Å². The molecule has 0 bridgehead atoms. The van der Waals surface area contributed by atoms with E-state index in [-0.39, 0.29) is 29.7 Å². The van der Waals surface area contributed by atoms with E-state index < -0.39 is 17.8 Å². The van der Waals surface area contributed by atoms with E-state index in [1.807, 2.05) is 0 Å². The molecule has 11 heteroatoms.